The summed E-state index contributed by atoms with van der Waals surface area (Å²) >= 11 is 0. The number of hydrogen-bond acceptors (Lipinski definition) is 3. The first kappa shape index (κ1) is 17.0. The zero-order chi connectivity index (χ0) is 18.2. The van der Waals surface area contributed by atoms with E-state index in [0.717, 1.165) is 0 Å². The smallest absolute Gasteiger partial charge is 0.314 e. The second-order valence-electron chi connectivity index (χ2n) is 6.55. The molecule has 0 unspecified atom stereocenters. The van der Waals surface area contributed by atoms with Crippen LogP contribution in [0.1, 0.15) is 42.4 Å². The number of aliphatic carboxylic acids is 1. The van der Waals surface area contributed by atoms with Crippen molar-refractivity contribution in [3.05, 3.63) is 52.8 Å². The van der Waals surface area contributed by atoms with E-state index in [-0.39, 0.29) is 22.4 Å². The van der Waals surface area contributed by atoms with Gasteiger partial charge in [0.2, 0.25) is 0 Å². The normalized spacial score (nSPS) is 15.7. The minimum Gasteiger partial charge on any atom is -0.481 e. The minimum atomic E-state index is -1.36. The van der Waals surface area contributed by atoms with E-state index in [2.05, 4.69) is 0 Å². The summed E-state index contributed by atoms with van der Waals surface area (Å²) in [5.41, 5.74) is 6.14. The van der Waals surface area contributed by atoms with Crippen molar-refractivity contribution in [2.45, 2.75) is 38.0 Å². The number of carbonyl (C=O) groups is 1. The largest absolute Gasteiger partial charge is 0.481 e. The van der Waals surface area contributed by atoms with Gasteiger partial charge in [-0.2, -0.15) is 5.26 Å². The Kier molecular flexibility index (Phi) is 4.22. The summed E-state index contributed by atoms with van der Waals surface area (Å²) in [5.74, 6) is -1.70. The van der Waals surface area contributed by atoms with Crippen LogP contribution in [0, 0.1) is 24.1 Å². The van der Waals surface area contributed by atoms with E-state index in [1.165, 1.54) is 0 Å². The molecule has 0 aliphatic heterocycles. The lowest BCUT2D eigenvalue weighted by molar-refractivity contribution is -0.143. The molecule has 4 nitrogen and oxygen atoms in total. The number of benzene rings is 2. The molecule has 1 fully saturated rings. The molecule has 1 saturated carbocycles. The van der Waals surface area contributed by atoms with E-state index in [1.54, 1.807) is 31.2 Å². The molecule has 1 aliphatic rings. The van der Waals surface area contributed by atoms with Crippen LogP contribution in [-0.4, -0.2) is 11.1 Å². The fraction of sp³-hybridized carbons (Fsp3) is 0.300. The Balaban J connectivity index is 2.41. The lowest BCUT2D eigenvalue weighted by Crippen LogP contribution is -2.35. The van der Waals surface area contributed by atoms with Crippen LogP contribution in [0.3, 0.4) is 0 Å². The van der Waals surface area contributed by atoms with Gasteiger partial charge in [-0.1, -0.05) is 43.2 Å². The molecule has 0 atom stereocenters. The van der Waals surface area contributed by atoms with Crippen LogP contribution in [0.15, 0.2) is 30.3 Å². The van der Waals surface area contributed by atoms with E-state index in [1.807, 2.05) is 12.1 Å². The van der Waals surface area contributed by atoms with Crippen molar-refractivity contribution < 1.29 is 14.3 Å². The van der Waals surface area contributed by atoms with Crippen molar-refractivity contribution in [2.75, 3.05) is 5.73 Å². The molecule has 1 aliphatic carbocycles. The number of halogens is 1. The molecule has 3 N–H and O–H groups in total. The molecule has 3 rings (SSSR count). The van der Waals surface area contributed by atoms with E-state index in [4.69, 9.17) is 5.73 Å². The number of rotatable bonds is 3. The number of nitrogens with zero attached hydrogens (tertiary/aromatic N) is 1. The third-order valence-corrected chi connectivity index (χ3v) is 5.25. The first-order valence-electron chi connectivity index (χ1n) is 8.25. The average molecular weight is 338 g/mol. The fourth-order valence-electron chi connectivity index (χ4n) is 3.97. The van der Waals surface area contributed by atoms with Gasteiger partial charge in [-0.15, -0.1) is 0 Å². The molecule has 2 aromatic carbocycles. The monoisotopic (exact) mass is 338 g/mol. The third kappa shape index (κ3) is 2.45. The molecule has 0 radical (unpaired) electrons. The van der Waals surface area contributed by atoms with Crippen molar-refractivity contribution >= 4 is 11.7 Å². The Bertz CT molecular complexity index is 879. The number of hydrogen-bond donors (Lipinski definition) is 2. The van der Waals surface area contributed by atoms with Crippen molar-refractivity contribution in [1.82, 2.24) is 0 Å². The quantitative estimate of drug-likeness (QED) is 0.823. The number of nitrogens with two attached hydrogens (primary N) is 1. The van der Waals surface area contributed by atoms with Gasteiger partial charge >= 0.3 is 5.97 Å². The molecule has 128 valence electrons. The molecule has 2 aromatic rings. The Hall–Kier alpha value is -2.87. The van der Waals surface area contributed by atoms with Gasteiger partial charge in [0.1, 0.15) is 11.9 Å². The van der Waals surface area contributed by atoms with Gasteiger partial charge < -0.3 is 10.8 Å². The summed E-state index contributed by atoms with van der Waals surface area (Å²) < 4.78 is 15.6. The van der Waals surface area contributed by atoms with Gasteiger partial charge in [-0.05, 0) is 30.9 Å². The third-order valence-electron chi connectivity index (χ3n) is 5.25. The van der Waals surface area contributed by atoms with Gasteiger partial charge in [0.05, 0.1) is 16.7 Å². The molecule has 0 amide bonds. The van der Waals surface area contributed by atoms with Gasteiger partial charge in [-0.3, -0.25) is 4.79 Å². The molecule has 0 spiro atoms. The standard InChI is InChI=1S/C20H19FN2O2/c1-12-14(11-22)18(23)16(20(19(24)25)9-5-6-10-20)17(21)15(12)13-7-3-2-4-8-13/h2-4,7-8H,5-6,9-10,23H2,1H3,(H,24,25). The first-order chi connectivity index (χ1) is 11.9. The summed E-state index contributed by atoms with van der Waals surface area (Å²) in [4.78, 5) is 12.1. The number of nitrogen functional groups attached to an aromatic ring is 1. The Morgan fingerprint density at radius 2 is 1.88 bits per heavy atom. The molecular weight excluding hydrogens is 319 g/mol. The second kappa shape index (κ2) is 6.21. The van der Waals surface area contributed by atoms with E-state index >= 15 is 4.39 Å². The molecule has 5 heteroatoms. The number of carboxylic acid groups (broad SMARTS) is 1. The van der Waals surface area contributed by atoms with Crippen molar-refractivity contribution in [3.8, 4) is 17.2 Å². The number of nitriles is 1. The van der Waals surface area contributed by atoms with Crippen LogP contribution >= 0.6 is 0 Å². The molecule has 0 heterocycles. The zero-order valence-electron chi connectivity index (χ0n) is 14.0. The van der Waals surface area contributed by atoms with Crippen LogP contribution in [0.4, 0.5) is 10.1 Å². The topological polar surface area (TPSA) is 87.1 Å². The van der Waals surface area contributed by atoms with Gasteiger partial charge in [-0.25, -0.2) is 4.39 Å². The van der Waals surface area contributed by atoms with Gasteiger partial charge in [0, 0.05) is 11.1 Å². The van der Waals surface area contributed by atoms with E-state index in [9.17, 15) is 15.2 Å². The minimum absolute atomic E-state index is 0.0292. The van der Waals surface area contributed by atoms with Crippen LogP contribution < -0.4 is 5.73 Å². The summed E-state index contributed by atoms with van der Waals surface area (Å²) in [6.07, 6.45) is 2.04. The number of carboxylic acids is 1. The molecule has 0 bridgehead atoms. The average Bonchev–Trinajstić information content (AvgIpc) is 3.07. The summed E-state index contributed by atoms with van der Waals surface area (Å²) in [6.45, 7) is 1.65. The van der Waals surface area contributed by atoms with Crippen LogP contribution in [-0.2, 0) is 10.2 Å². The SMILES string of the molecule is Cc1c(C#N)c(N)c(C2(C(=O)O)CCCC2)c(F)c1-c1ccccc1. The first-order valence-corrected chi connectivity index (χ1v) is 8.25. The second-order valence-corrected chi connectivity index (χ2v) is 6.55. The van der Waals surface area contributed by atoms with Gasteiger partial charge in [0.25, 0.3) is 0 Å². The van der Waals surface area contributed by atoms with E-state index in [0.29, 0.717) is 36.8 Å². The van der Waals surface area contributed by atoms with Crippen LogP contribution in [0.2, 0.25) is 0 Å². The highest BCUT2D eigenvalue weighted by Gasteiger charge is 2.47. The van der Waals surface area contributed by atoms with Crippen molar-refractivity contribution in [1.29, 1.82) is 5.26 Å². The van der Waals surface area contributed by atoms with E-state index < -0.39 is 17.2 Å². The van der Waals surface area contributed by atoms with Crippen molar-refractivity contribution in [2.24, 2.45) is 0 Å². The van der Waals surface area contributed by atoms with Crippen LogP contribution in [0.25, 0.3) is 11.1 Å². The maximum Gasteiger partial charge on any atom is 0.314 e. The predicted octanol–water partition coefficient (Wildman–Crippen LogP) is 4.15. The predicted molar refractivity (Wildman–Crippen MR) is 93.5 cm³/mol. The molecule has 0 aromatic heterocycles. The lowest BCUT2D eigenvalue weighted by Gasteiger charge is -2.29. The van der Waals surface area contributed by atoms with Gasteiger partial charge in [0.15, 0.2) is 0 Å². The maximum atomic E-state index is 15.6. The van der Waals surface area contributed by atoms with Crippen molar-refractivity contribution in [3.63, 3.8) is 0 Å². The highest BCUT2D eigenvalue weighted by molar-refractivity contribution is 5.88. The highest BCUT2D eigenvalue weighted by Crippen LogP contribution is 2.48. The molecule has 25 heavy (non-hydrogen) atoms. The lowest BCUT2D eigenvalue weighted by atomic mass is 9.75. The Labute approximate surface area is 145 Å². The Morgan fingerprint density at radius 3 is 2.40 bits per heavy atom. The summed E-state index contributed by atoms with van der Waals surface area (Å²) in [6, 6.07) is 10.9. The zero-order valence-corrected chi connectivity index (χ0v) is 14.0. The molecule has 0 saturated heterocycles. The summed E-state index contributed by atoms with van der Waals surface area (Å²) in [7, 11) is 0. The fourth-order valence-corrected chi connectivity index (χ4v) is 3.97. The summed E-state index contributed by atoms with van der Waals surface area (Å²) in [5, 5.41) is 19.4. The highest BCUT2D eigenvalue weighted by atomic mass is 19.1. The maximum absolute atomic E-state index is 15.6. The molecular formula is C20H19FN2O2. The Morgan fingerprint density at radius 1 is 1.28 bits per heavy atom. The van der Waals surface area contributed by atoms with Crippen LogP contribution in [0.5, 0.6) is 0 Å². The number of anilines is 1.